The topological polar surface area (TPSA) is 73.2 Å². The van der Waals surface area contributed by atoms with Crippen molar-refractivity contribution in [2.75, 3.05) is 11.9 Å². The number of alkyl halides is 3. The molecule has 0 radical (unpaired) electrons. The summed E-state index contributed by atoms with van der Waals surface area (Å²) in [5, 5.41) is 2.88. The zero-order chi connectivity index (χ0) is 21.9. The number of carbonyl (C=O) groups is 1. The summed E-state index contributed by atoms with van der Waals surface area (Å²) in [4.78, 5) is 29.2. The second-order valence-corrected chi connectivity index (χ2v) is 6.65. The number of nitrogens with zero attached hydrogens (tertiary/aromatic N) is 2. The van der Waals surface area contributed by atoms with E-state index in [9.17, 15) is 22.8 Å². The van der Waals surface area contributed by atoms with Gasteiger partial charge in [-0.3, -0.25) is 14.2 Å². The molecule has 0 aliphatic heterocycles. The van der Waals surface area contributed by atoms with E-state index in [4.69, 9.17) is 4.74 Å². The first kappa shape index (κ1) is 21.4. The smallest absolute Gasteiger partial charge is 0.416 e. The maximum absolute atomic E-state index is 13.0. The van der Waals surface area contributed by atoms with Gasteiger partial charge in [0, 0.05) is 13.0 Å². The van der Waals surface area contributed by atoms with Crippen LogP contribution in [0.2, 0.25) is 0 Å². The molecule has 1 heterocycles. The minimum Gasteiger partial charge on any atom is -0.492 e. The number of anilines is 1. The molecule has 0 atom stereocenters. The van der Waals surface area contributed by atoms with Crippen LogP contribution < -0.4 is 15.6 Å². The highest BCUT2D eigenvalue weighted by molar-refractivity contribution is 5.92. The predicted molar refractivity (Wildman–Crippen MR) is 107 cm³/mol. The van der Waals surface area contributed by atoms with Gasteiger partial charge in [-0.05, 0) is 43.7 Å². The molecule has 0 aliphatic carbocycles. The summed E-state index contributed by atoms with van der Waals surface area (Å²) >= 11 is 0. The Kier molecular flexibility index (Phi) is 6.09. The van der Waals surface area contributed by atoms with Crippen molar-refractivity contribution < 1.29 is 22.7 Å². The lowest BCUT2D eigenvalue weighted by Crippen LogP contribution is -2.24. The number of para-hydroxylation sites is 1. The number of halogens is 3. The van der Waals surface area contributed by atoms with E-state index >= 15 is 0 Å². The highest BCUT2D eigenvalue weighted by Gasteiger charge is 2.31. The van der Waals surface area contributed by atoms with Gasteiger partial charge in [-0.2, -0.15) is 13.2 Å². The third-order valence-electron chi connectivity index (χ3n) is 4.52. The highest BCUT2D eigenvalue weighted by atomic mass is 19.4. The lowest BCUT2D eigenvalue weighted by molar-refractivity contribution is -0.137. The van der Waals surface area contributed by atoms with Crippen LogP contribution in [-0.4, -0.2) is 22.1 Å². The lowest BCUT2D eigenvalue weighted by atomic mass is 10.1. The quantitative estimate of drug-likeness (QED) is 0.652. The maximum Gasteiger partial charge on any atom is 0.416 e. The van der Waals surface area contributed by atoms with Crippen molar-refractivity contribution >= 4 is 22.5 Å². The number of nitrogens with one attached hydrogen (secondary N) is 1. The number of ether oxygens (including phenoxy) is 1. The zero-order valence-corrected chi connectivity index (χ0v) is 16.4. The van der Waals surface area contributed by atoms with Gasteiger partial charge in [0.25, 0.3) is 5.56 Å². The van der Waals surface area contributed by atoms with E-state index in [0.717, 1.165) is 17.7 Å². The second-order valence-electron chi connectivity index (χ2n) is 6.65. The fourth-order valence-corrected chi connectivity index (χ4v) is 3.02. The van der Waals surface area contributed by atoms with Crippen LogP contribution in [0.25, 0.3) is 10.9 Å². The molecule has 0 fully saturated rings. The van der Waals surface area contributed by atoms with Gasteiger partial charge in [-0.1, -0.05) is 12.1 Å². The molecule has 158 valence electrons. The first-order valence-corrected chi connectivity index (χ1v) is 9.29. The van der Waals surface area contributed by atoms with Gasteiger partial charge in [0.15, 0.2) is 0 Å². The van der Waals surface area contributed by atoms with E-state index in [0.29, 0.717) is 10.9 Å². The number of rotatable bonds is 6. The Morgan fingerprint density at radius 2 is 2.00 bits per heavy atom. The van der Waals surface area contributed by atoms with Crippen molar-refractivity contribution in [1.82, 2.24) is 9.55 Å². The Hall–Kier alpha value is -3.36. The molecular formula is C21H20F3N3O3. The molecule has 9 heteroatoms. The monoisotopic (exact) mass is 419 g/mol. The molecule has 1 amide bonds. The van der Waals surface area contributed by atoms with E-state index in [2.05, 4.69) is 10.3 Å². The normalized spacial score (nSPS) is 11.5. The number of carbonyl (C=O) groups excluding carboxylic acids is 1. The molecule has 6 nitrogen and oxygen atoms in total. The third-order valence-corrected chi connectivity index (χ3v) is 4.52. The van der Waals surface area contributed by atoms with Crippen molar-refractivity contribution in [3.05, 3.63) is 64.2 Å². The Morgan fingerprint density at radius 3 is 2.70 bits per heavy atom. The number of benzene rings is 2. The summed E-state index contributed by atoms with van der Waals surface area (Å²) < 4.78 is 45.6. The summed E-state index contributed by atoms with van der Waals surface area (Å²) in [6.45, 7) is 3.79. The fraction of sp³-hybridized carbons (Fsp3) is 0.286. The summed E-state index contributed by atoms with van der Waals surface area (Å²) in [5.74, 6) is -0.412. The van der Waals surface area contributed by atoms with E-state index in [1.807, 2.05) is 13.0 Å². The van der Waals surface area contributed by atoms with Gasteiger partial charge in [-0.25, -0.2) is 4.98 Å². The average molecular weight is 419 g/mol. The van der Waals surface area contributed by atoms with E-state index in [-0.39, 0.29) is 36.6 Å². The van der Waals surface area contributed by atoms with E-state index in [1.54, 1.807) is 19.1 Å². The van der Waals surface area contributed by atoms with Crippen LogP contribution in [0.1, 0.15) is 24.5 Å². The molecule has 0 aliphatic rings. The predicted octanol–water partition coefficient (Wildman–Crippen LogP) is 4.15. The SMILES string of the molecule is CCOc1ccc(C(F)(F)F)cc1NC(=O)CCn1cnc2c(C)cccc2c1=O. The molecule has 30 heavy (non-hydrogen) atoms. The average Bonchev–Trinajstić information content (AvgIpc) is 2.69. The molecule has 0 bridgehead atoms. The first-order chi connectivity index (χ1) is 14.2. The van der Waals surface area contributed by atoms with E-state index < -0.39 is 17.6 Å². The van der Waals surface area contributed by atoms with Crippen molar-refractivity contribution in [3.8, 4) is 5.75 Å². The van der Waals surface area contributed by atoms with Crippen LogP contribution in [0.3, 0.4) is 0 Å². The van der Waals surface area contributed by atoms with Crippen molar-refractivity contribution in [1.29, 1.82) is 0 Å². The summed E-state index contributed by atoms with van der Waals surface area (Å²) in [6.07, 6.45) is -3.31. The number of aromatic nitrogens is 2. The van der Waals surface area contributed by atoms with Gasteiger partial charge in [-0.15, -0.1) is 0 Å². The Balaban J connectivity index is 1.77. The van der Waals surface area contributed by atoms with Gasteiger partial charge in [0.05, 0.1) is 35.1 Å². The van der Waals surface area contributed by atoms with Gasteiger partial charge < -0.3 is 10.1 Å². The molecule has 0 spiro atoms. The Labute approximate surface area is 170 Å². The van der Waals surface area contributed by atoms with Crippen molar-refractivity contribution in [2.45, 2.75) is 33.0 Å². The molecule has 1 N–H and O–H groups in total. The van der Waals surface area contributed by atoms with Gasteiger partial charge >= 0.3 is 6.18 Å². The Bertz CT molecular complexity index is 1140. The second kappa shape index (κ2) is 8.56. The summed E-state index contributed by atoms with van der Waals surface area (Å²) in [5.41, 5.74) is 0.199. The van der Waals surface area contributed by atoms with Gasteiger partial charge in [0.2, 0.25) is 5.91 Å². The van der Waals surface area contributed by atoms with Crippen LogP contribution in [0, 0.1) is 6.92 Å². The highest BCUT2D eigenvalue weighted by Crippen LogP contribution is 2.35. The number of fused-ring (bicyclic) bond motifs is 1. The molecule has 2 aromatic carbocycles. The fourth-order valence-electron chi connectivity index (χ4n) is 3.02. The minimum absolute atomic E-state index is 0.0322. The number of hydrogen-bond acceptors (Lipinski definition) is 4. The third kappa shape index (κ3) is 4.61. The summed E-state index contributed by atoms with van der Waals surface area (Å²) in [6, 6.07) is 8.14. The van der Waals surface area contributed by atoms with Crippen LogP contribution in [0.4, 0.5) is 18.9 Å². The number of hydrogen-bond donors (Lipinski definition) is 1. The molecule has 0 saturated heterocycles. The maximum atomic E-state index is 13.0. The molecular weight excluding hydrogens is 399 g/mol. The van der Waals surface area contributed by atoms with Crippen LogP contribution >= 0.6 is 0 Å². The summed E-state index contributed by atoms with van der Waals surface area (Å²) in [7, 11) is 0. The van der Waals surface area contributed by atoms with E-state index in [1.165, 1.54) is 17.0 Å². The van der Waals surface area contributed by atoms with Crippen molar-refractivity contribution in [2.24, 2.45) is 0 Å². The van der Waals surface area contributed by atoms with Crippen LogP contribution in [0.15, 0.2) is 47.5 Å². The molecule has 3 rings (SSSR count). The van der Waals surface area contributed by atoms with Crippen molar-refractivity contribution in [3.63, 3.8) is 0 Å². The minimum atomic E-state index is -4.55. The number of amides is 1. The van der Waals surface area contributed by atoms with Crippen LogP contribution in [-0.2, 0) is 17.5 Å². The molecule has 1 aromatic heterocycles. The van der Waals surface area contributed by atoms with Gasteiger partial charge in [0.1, 0.15) is 5.75 Å². The standard InChI is InChI=1S/C21H20F3N3O3/c1-3-30-17-8-7-14(21(22,23)24)11-16(17)26-18(28)9-10-27-12-25-19-13(2)5-4-6-15(19)20(27)29/h4-8,11-12H,3,9-10H2,1-2H3,(H,26,28). The largest absolute Gasteiger partial charge is 0.492 e. The van der Waals surface area contributed by atoms with Crippen LogP contribution in [0.5, 0.6) is 5.75 Å². The number of aryl methyl sites for hydroxylation is 2. The molecule has 0 saturated carbocycles. The first-order valence-electron chi connectivity index (χ1n) is 9.29. The lowest BCUT2D eigenvalue weighted by Gasteiger charge is -2.15. The zero-order valence-electron chi connectivity index (χ0n) is 16.4. The molecule has 3 aromatic rings. The Morgan fingerprint density at radius 1 is 1.23 bits per heavy atom. The molecule has 0 unspecified atom stereocenters.